The highest BCUT2D eigenvalue weighted by Gasteiger charge is 2.12. The minimum absolute atomic E-state index is 0.0544. The maximum Gasteiger partial charge on any atom is 0.322 e. The normalized spacial score (nSPS) is 10.4. The van der Waals surface area contributed by atoms with E-state index in [2.05, 4.69) is 15.5 Å². The van der Waals surface area contributed by atoms with E-state index in [0.717, 1.165) is 11.3 Å². The summed E-state index contributed by atoms with van der Waals surface area (Å²) in [5, 5.41) is 10.4. The van der Waals surface area contributed by atoms with E-state index in [-0.39, 0.29) is 18.3 Å². The summed E-state index contributed by atoms with van der Waals surface area (Å²) in [5.74, 6) is 1.52. The van der Waals surface area contributed by atoms with Crippen LogP contribution in [0.2, 0.25) is 0 Å². The molecule has 0 aliphatic heterocycles. The summed E-state index contributed by atoms with van der Waals surface area (Å²) in [6.07, 6.45) is 0.198. The summed E-state index contributed by atoms with van der Waals surface area (Å²) in [4.78, 5) is 12.1. The molecule has 2 aromatic carbocycles. The van der Waals surface area contributed by atoms with Crippen molar-refractivity contribution in [1.82, 2.24) is 10.2 Å². The summed E-state index contributed by atoms with van der Waals surface area (Å²) in [6, 6.07) is 14.7. The van der Waals surface area contributed by atoms with Gasteiger partial charge in [-0.15, -0.1) is 5.10 Å². The van der Waals surface area contributed by atoms with E-state index in [4.69, 9.17) is 13.9 Å². The number of benzene rings is 2. The molecule has 3 rings (SSSR count). The fraction of sp³-hybridized carbons (Fsp3) is 0.211. The SMILES string of the molecule is CCOc1ccc(CC(=O)Nc2nnc(-c3cccc(OC)c3)o2)cc1. The van der Waals surface area contributed by atoms with E-state index in [1.165, 1.54) is 0 Å². The number of aromatic nitrogens is 2. The van der Waals surface area contributed by atoms with Crippen LogP contribution in [0, 0.1) is 0 Å². The van der Waals surface area contributed by atoms with Crippen LogP contribution in [0.25, 0.3) is 11.5 Å². The molecule has 1 heterocycles. The van der Waals surface area contributed by atoms with Crippen LogP contribution in [0.5, 0.6) is 11.5 Å². The number of carbonyl (C=O) groups excluding carboxylic acids is 1. The summed E-state index contributed by atoms with van der Waals surface area (Å²) in [7, 11) is 1.58. The zero-order valence-electron chi connectivity index (χ0n) is 14.6. The second-order valence-electron chi connectivity index (χ2n) is 5.45. The molecule has 26 heavy (non-hydrogen) atoms. The lowest BCUT2D eigenvalue weighted by atomic mass is 10.1. The molecule has 0 spiro atoms. The number of hydrogen-bond donors (Lipinski definition) is 1. The average Bonchev–Trinajstić information content (AvgIpc) is 3.12. The number of methoxy groups -OCH3 is 1. The number of nitrogens with one attached hydrogen (secondary N) is 1. The highest BCUT2D eigenvalue weighted by molar-refractivity contribution is 5.90. The lowest BCUT2D eigenvalue weighted by Crippen LogP contribution is -2.14. The number of amides is 1. The Labute approximate surface area is 151 Å². The van der Waals surface area contributed by atoms with Crippen molar-refractivity contribution in [3.05, 3.63) is 54.1 Å². The summed E-state index contributed by atoms with van der Waals surface area (Å²) in [5.41, 5.74) is 1.57. The van der Waals surface area contributed by atoms with Gasteiger partial charge in [0.1, 0.15) is 11.5 Å². The van der Waals surface area contributed by atoms with Gasteiger partial charge in [0.25, 0.3) is 0 Å². The minimum Gasteiger partial charge on any atom is -0.497 e. The van der Waals surface area contributed by atoms with Crippen molar-refractivity contribution in [2.24, 2.45) is 0 Å². The predicted molar refractivity (Wildman–Crippen MR) is 96.2 cm³/mol. The Morgan fingerprint density at radius 1 is 1.12 bits per heavy atom. The van der Waals surface area contributed by atoms with Crippen LogP contribution in [0.1, 0.15) is 12.5 Å². The van der Waals surface area contributed by atoms with Gasteiger partial charge in [0.15, 0.2) is 0 Å². The van der Waals surface area contributed by atoms with Gasteiger partial charge in [-0.2, -0.15) is 0 Å². The van der Waals surface area contributed by atoms with Gasteiger partial charge < -0.3 is 13.9 Å². The maximum absolute atomic E-state index is 12.1. The number of rotatable bonds is 7. The van der Waals surface area contributed by atoms with E-state index >= 15 is 0 Å². The third kappa shape index (κ3) is 4.38. The molecule has 0 saturated carbocycles. The van der Waals surface area contributed by atoms with E-state index in [1.807, 2.05) is 49.4 Å². The van der Waals surface area contributed by atoms with Crippen molar-refractivity contribution in [2.75, 3.05) is 19.0 Å². The number of ether oxygens (including phenoxy) is 2. The van der Waals surface area contributed by atoms with Crippen LogP contribution in [0.4, 0.5) is 6.01 Å². The van der Waals surface area contributed by atoms with Gasteiger partial charge in [0.2, 0.25) is 11.8 Å². The van der Waals surface area contributed by atoms with Crippen molar-refractivity contribution in [3.8, 4) is 23.0 Å². The Morgan fingerprint density at radius 2 is 1.92 bits per heavy atom. The molecule has 0 bridgehead atoms. The van der Waals surface area contributed by atoms with Gasteiger partial charge in [-0.25, -0.2) is 0 Å². The van der Waals surface area contributed by atoms with Crippen LogP contribution in [0.3, 0.4) is 0 Å². The van der Waals surface area contributed by atoms with Crippen LogP contribution >= 0.6 is 0 Å². The third-order valence-electron chi connectivity index (χ3n) is 3.59. The molecule has 0 aliphatic carbocycles. The van der Waals surface area contributed by atoms with Crippen LogP contribution in [-0.2, 0) is 11.2 Å². The molecule has 3 aromatic rings. The molecule has 0 aliphatic rings. The molecule has 1 amide bonds. The monoisotopic (exact) mass is 353 g/mol. The molecule has 134 valence electrons. The number of nitrogens with zero attached hydrogens (tertiary/aromatic N) is 2. The molecule has 0 radical (unpaired) electrons. The smallest absolute Gasteiger partial charge is 0.322 e. The molecule has 1 N–H and O–H groups in total. The number of anilines is 1. The van der Waals surface area contributed by atoms with Gasteiger partial charge in [-0.3, -0.25) is 10.1 Å². The number of carbonyl (C=O) groups is 1. The van der Waals surface area contributed by atoms with Gasteiger partial charge in [-0.05, 0) is 42.8 Å². The summed E-state index contributed by atoms with van der Waals surface area (Å²) < 4.78 is 16.0. The van der Waals surface area contributed by atoms with Gasteiger partial charge in [-0.1, -0.05) is 23.3 Å². The zero-order valence-corrected chi connectivity index (χ0v) is 14.6. The van der Waals surface area contributed by atoms with Crippen LogP contribution in [-0.4, -0.2) is 29.8 Å². The molecular formula is C19H19N3O4. The predicted octanol–water partition coefficient (Wildman–Crippen LogP) is 3.33. The molecular weight excluding hydrogens is 334 g/mol. The standard InChI is InChI=1S/C19H19N3O4/c1-3-25-15-9-7-13(8-10-15)11-17(23)20-19-22-21-18(26-19)14-5-4-6-16(12-14)24-2/h4-10,12H,3,11H2,1-2H3,(H,20,22,23). The first-order valence-corrected chi connectivity index (χ1v) is 8.17. The highest BCUT2D eigenvalue weighted by Crippen LogP contribution is 2.23. The van der Waals surface area contributed by atoms with E-state index < -0.39 is 0 Å². The molecule has 0 fully saturated rings. The number of hydrogen-bond acceptors (Lipinski definition) is 6. The van der Waals surface area contributed by atoms with Gasteiger partial charge in [0, 0.05) is 5.56 Å². The van der Waals surface area contributed by atoms with Crippen LogP contribution in [0.15, 0.2) is 52.9 Å². The first-order valence-electron chi connectivity index (χ1n) is 8.17. The molecule has 0 saturated heterocycles. The van der Waals surface area contributed by atoms with Gasteiger partial charge in [0.05, 0.1) is 20.1 Å². The molecule has 0 atom stereocenters. The van der Waals surface area contributed by atoms with Gasteiger partial charge >= 0.3 is 6.01 Å². The third-order valence-corrected chi connectivity index (χ3v) is 3.59. The lowest BCUT2D eigenvalue weighted by molar-refractivity contribution is -0.115. The fourth-order valence-corrected chi connectivity index (χ4v) is 2.37. The second-order valence-corrected chi connectivity index (χ2v) is 5.45. The summed E-state index contributed by atoms with van der Waals surface area (Å²) >= 11 is 0. The molecule has 0 unspecified atom stereocenters. The van der Waals surface area contributed by atoms with Crippen molar-refractivity contribution in [3.63, 3.8) is 0 Å². The topological polar surface area (TPSA) is 86.5 Å². The van der Waals surface area contributed by atoms with Crippen molar-refractivity contribution < 1.29 is 18.7 Å². The Kier molecular flexibility index (Phi) is 5.48. The minimum atomic E-state index is -0.241. The van der Waals surface area contributed by atoms with Crippen molar-refractivity contribution in [1.29, 1.82) is 0 Å². The Bertz CT molecular complexity index is 875. The van der Waals surface area contributed by atoms with Crippen molar-refractivity contribution in [2.45, 2.75) is 13.3 Å². The Hall–Kier alpha value is -3.35. The average molecular weight is 353 g/mol. The zero-order chi connectivity index (χ0) is 18.4. The fourth-order valence-electron chi connectivity index (χ4n) is 2.37. The van der Waals surface area contributed by atoms with E-state index in [0.29, 0.717) is 23.8 Å². The first-order chi connectivity index (χ1) is 12.7. The highest BCUT2D eigenvalue weighted by atomic mass is 16.5. The van der Waals surface area contributed by atoms with Crippen molar-refractivity contribution >= 4 is 11.9 Å². The maximum atomic E-state index is 12.1. The van der Waals surface area contributed by atoms with E-state index in [1.54, 1.807) is 13.2 Å². The van der Waals surface area contributed by atoms with Crippen LogP contribution < -0.4 is 14.8 Å². The lowest BCUT2D eigenvalue weighted by Gasteiger charge is -2.04. The molecule has 1 aromatic heterocycles. The Balaban J connectivity index is 1.62. The molecule has 7 heteroatoms. The quantitative estimate of drug-likeness (QED) is 0.701. The largest absolute Gasteiger partial charge is 0.497 e. The molecule has 7 nitrogen and oxygen atoms in total. The summed E-state index contributed by atoms with van der Waals surface area (Å²) in [6.45, 7) is 2.53. The second kappa shape index (κ2) is 8.15. The first kappa shape index (κ1) is 17.5. The van der Waals surface area contributed by atoms with E-state index in [9.17, 15) is 4.79 Å². The Morgan fingerprint density at radius 3 is 2.65 bits per heavy atom.